The standard InChI is InChI=1S/C60H40N2O/c1-4-14-41(15-5-1)42-26-33-48(34-27-42)61(49-35-28-43(29-36-49)46-32-39-58-55(40-46)53-23-12-22-52(60(53)63-58)44-16-6-2-7-17-44)50-37-30-45(31-38-50)51-21-13-25-57-59(51)54-20-10-11-24-56(54)62(57)47-18-8-3-9-19-47/h1-40H/i1D,4D,5D,14D,15D. The molecule has 0 atom stereocenters. The van der Waals surface area contributed by atoms with E-state index in [2.05, 4.69) is 173 Å². The van der Waals surface area contributed by atoms with Gasteiger partial charge in [-0.15, -0.1) is 0 Å². The Kier molecular flexibility index (Phi) is 7.62. The minimum atomic E-state index is -0.410. The molecule has 0 aliphatic heterocycles. The zero-order valence-electron chi connectivity index (χ0n) is 39.0. The largest absolute Gasteiger partial charge is 0.455 e. The number of para-hydroxylation sites is 3. The highest BCUT2D eigenvalue weighted by Gasteiger charge is 2.19. The Labute approximate surface area is 373 Å². The molecule has 0 fully saturated rings. The quantitative estimate of drug-likeness (QED) is 0.152. The predicted octanol–water partition coefficient (Wildman–Crippen LogP) is 16.8. The Hall–Kier alpha value is -8.40. The van der Waals surface area contributed by atoms with E-state index in [0.717, 1.165) is 89.1 Å². The summed E-state index contributed by atoms with van der Waals surface area (Å²) in [6, 6.07) is 71.7. The summed E-state index contributed by atoms with van der Waals surface area (Å²) < 4.78 is 50.8. The van der Waals surface area contributed by atoms with Crippen molar-refractivity contribution in [2.75, 3.05) is 4.90 Å². The maximum atomic E-state index is 8.63. The average molecular weight is 810 g/mol. The summed E-state index contributed by atoms with van der Waals surface area (Å²) >= 11 is 0. The number of rotatable bonds is 8. The van der Waals surface area contributed by atoms with Gasteiger partial charge < -0.3 is 13.9 Å². The highest BCUT2D eigenvalue weighted by molar-refractivity contribution is 6.16. The van der Waals surface area contributed by atoms with Crippen molar-refractivity contribution in [2.45, 2.75) is 0 Å². The Bertz CT molecular complexity index is 3850. The van der Waals surface area contributed by atoms with Crippen LogP contribution in [0.3, 0.4) is 0 Å². The summed E-state index contributed by atoms with van der Waals surface area (Å²) in [5, 5.41) is 4.50. The topological polar surface area (TPSA) is 21.3 Å². The van der Waals surface area contributed by atoms with Crippen molar-refractivity contribution in [3.8, 4) is 50.2 Å². The van der Waals surface area contributed by atoms with Crippen LogP contribution in [0.1, 0.15) is 6.85 Å². The summed E-state index contributed by atoms with van der Waals surface area (Å²) in [4.78, 5) is 2.18. The third kappa shape index (κ3) is 6.38. The third-order valence-corrected chi connectivity index (χ3v) is 12.1. The lowest BCUT2D eigenvalue weighted by Crippen LogP contribution is -2.09. The predicted molar refractivity (Wildman–Crippen MR) is 264 cm³/mol. The molecule has 63 heavy (non-hydrogen) atoms. The fourth-order valence-corrected chi connectivity index (χ4v) is 9.15. The maximum Gasteiger partial charge on any atom is 0.143 e. The Balaban J connectivity index is 0.948. The summed E-state index contributed by atoms with van der Waals surface area (Å²) in [7, 11) is 0. The van der Waals surface area contributed by atoms with E-state index in [1.807, 2.05) is 48.5 Å². The van der Waals surface area contributed by atoms with Crippen LogP contribution in [0.2, 0.25) is 0 Å². The minimum Gasteiger partial charge on any atom is -0.455 e. The number of aromatic nitrogens is 1. The van der Waals surface area contributed by atoms with Crippen molar-refractivity contribution < 1.29 is 11.3 Å². The molecule has 0 bridgehead atoms. The number of hydrogen-bond donors (Lipinski definition) is 0. The van der Waals surface area contributed by atoms with Crippen LogP contribution in [0, 0.1) is 0 Å². The van der Waals surface area contributed by atoms with Crippen molar-refractivity contribution in [2.24, 2.45) is 0 Å². The van der Waals surface area contributed by atoms with Crippen molar-refractivity contribution in [3.05, 3.63) is 243 Å². The van der Waals surface area contributed by atoms with Gasteiger partial charge in [0, 0.05) is 49.9 Å². The molecule has 0 saturated carbocycles. The summed E-state index contributed by atoms with van der Waals surface area (Å²) in [5.41, 5.74) is 15.0. The van der Waals surface area contributed by atoms with E-state index in [9.17, 15) is 0 Å². The Morgan fingerprint density at radius 1 is 0.381 bits per heavy atom. The zero-order chi connectivity index (χ0) is 46.0. The molecule has 296 valence electrons. The van der Waals surface area contributed by atoms with E-state index >= 15 is 0 Å². The van der Waals surface area contributed by atoms with Crippen LogP contribution in [0.5, 0.6) is 0 Å². The molecule has 0 saturated heterocycles. The fourth-order valence-electron chi connectivity index (χ4n) is 9.15. The van der Waals surface area contributed by atoms with Gasteiger partial charge in [-0.3, -0.25) is 0 Å². The second-order valence-corrected chi connectivity index (χ2v) is 15.7. The molecule has 0 N–H and O–H groups in total. The summed E-state index contributed by atoms with van der Waals surface area (Å²) in [6.45, 7) is 0. The minimum absolute atomic E-state index is 0.171. The van der Waals surface area contributed by atoms with Gasteiger partial charge in [-0.05, 0) is 112 Å². The lowest BCUT2D eigenvalue weighted by molar-refractivity contribution is 0.670. The highest BCUT2D eigenvalue weighted by Crippen LogP contribution is 2.42. The van der Waals surface area contributed by atoms with E-state index in [4.69, 9.17) is 11.3 Å². The number of benzene rings is 10. The fraction of sp³-hybridized carbons (Fsp3) is 0. The molecule has 0 radical (unpaired) electrons. The molecule has 0 aliphatic rings. The molecule has 0 unspecified atom stereocenters. The lowest BCUT2D eigenvalue weighted by Gasteiger charge is -2.26. The molecule has 0 amide bonds. The number of fused-ring (bicyclic) bond motifs is 6. The van der Waals surface area contributed by atoms with Gasteiger partial charge in [-0.25, -0.2) is 0 Å². The second-order valence-electron chi connectivity index (χ2n) is 15.7. The van der Waals surface area contributed by atoms with Gasteiger partial charge in [-0.1, -0.05) is 170 Å². The van der Waals surface area contributed by atoms with Crippen LogP contribution in [0.15, 0.2) is 247 Å². The van der Waals surface area contributed by atoms with Crippen LogP contribution >= 0.6 is 0 Å². The van der Waals surface area contributed by atoms with Gasteiger partial charge in [0.2, 0.25) is 0 Å². The first-order chi connectivity index (χ1) is 33.3. The Morgan fingerprint density at radius 2 is 0.921 bits per heavy atom. The number of nitrogens with zero attached hydrogens (tertiary/aromatic N) is 2. The van der Waals surface area contributed by atoms with Crippen LogP contribution in [-0.4, -0.2) is 4.57 Å². The van der Waals surface area contributed by atoms with Crippen molar-refractivity contribution in [1.29, 1.82) is 0 Å². The molecule has 0 spiro atoms. The molecule has 3 heteroatoms. The molecule has 10 aromatic carbocycles. The third-order valence-electron chi connectivity index (χ3n) is 12.1. The zero-order valence-corrected chi connectivity index (χ0v) is 34.0. The molecule has 0 aliphatic carbocycles. The van der Waals surface area contributed by atoms with Crippen LogP contribution in [-0.2, 0) is 0 Å². The molecule has 12 rings (SSSR count). The van der Waals surface area contributed by atoms with E-state index in [0.29, 0.717) is 5.56 Å². The Morgan fingerprint density at radius 3 is 1.63 bits per heavy atom. The molecule has 2 heterocycles. The van der Waals surface area contributed by atoms with Crippen molar-refractivity contribution in [1.82, 2.24) is 4.57 Å². The lowest BCUT2D eigenvalue weighted by atomic mass is 9.98. The summed E-state index contributed by atoms with van der Waals surface area (Å²) in [6.07, 6.45) is 0. The highest BCUT2D eigenvalue weighted by atomic mass is 16.3. The van der Waals surface area contributed by atoms with Crippen LogP contribution < -0.4 is 4.90 Å². The average Bonchev–Trinajstić information content (AvgIpc) is 3.95. The van der Waals surface area contributed by atoms with E-state index in [-0.39, 0.29) is 29.7 Å². The smallest absolute Gasteiger partial charge is 0.143 e. The normalized spacial score (nSPS) is 12.6. The number of hydrogen-bond acceptors (Lipinski definition) is 2. The first-order valence-corrected chi connectivity index (χ1v) is 21.1. The number of furan rings is 1. The SMILES string of the molecule is [2H]c1c([2H])c([2H])c(-c2ccc(N(c3ccc(-c4ccc5oc6c(-c7ccccc7)cccc6c5c4)cc3)c3ccc(-c4cccc5c4c4ccccc4n5-c4ccccc4)cc3)cc2)c([2H])c1[2H]. The monoisotopic (exact) mass is 809 g/mol. The molecular formula is C60H40N2O. The molecule has 2 aromatic heterocycles. The first-order valence-electron chi connectivity index (χ1n) is 23.6. The maximum absolute atomic E-state index is 8.63. The molecule has 12 aromatic rings. The second kappa shape index (κ2) is 15.3. The van der Waals surface area contributed by atoms with Gasteiger partial charge in [0.05, 0.1) is 17.9 Å². The van der Waals surface area contributed by atoms with Gasteiger partial charge in [-0.2, -0.15) is 0 Å². The van der Waals surface area contributed by atoms with Crippen molar-refractivity contribution in [3.63, 3.8) is 0 Å². The van der Waals surface area contributed by atoms with E-state index in [1.54, 1.807) is 0 Å². The number of anilines is 3. The summed E-state index contributed by atoms with van der Waals surface area (Å²) in [5.74, 6) is 0. The van der Waals surface area contributed by atoms with Gasteiger partial charge >= 0.3 is 0 Å². The molecular weight excluding hydrogens is 765 g/mol. The van der Waals surface area contributed by atoms with Crippen molar-refractivity contribution >= 4 is 60.8 Å². The molecule has 3 nitrogen and oxygen atoms in total. The van der Waals surface area contributed by atoms with Crippen LogP contribution in [0.4, 0.5) is 17.1 Å². The van der Waals surface area contributed by atoms with E-state index < -0.39 is 6.04 Å². The van der Waals surface area contributed by atoms with Gasteiger partial charge in [0.25, 0.3) is 0 Å². The van der Waals surface area contributed by atoms with Crippen LogP contribution in [0.25, 0.3) is 93.9 Å². The van der Waals surface area contributed by atoms with Gasteiger partial charge in [0.15, 0.2) is 0 Å². The van der Waals surface area contributed by atoms with E-state index in [1.165, 1.54) is 10.8 Å². The first kappa shape index (κ1) is 31.5. The van der Waals surface area contributed by atoms with Gasteiger partial charge in [0.1, 0.15) is 11.2 Å².